The summed E-state index contributed by atoms with van der Waals surface area (Å²) in [5.41, 5.74) is 10.3. The molecule has 1 aromatic carbocycles. The Balaban J connectivity index is 2.73. The average Bonchev–Trinajstić information content (AvgIpc) is 2.06. The van der Waals surface area contributed by atoms with Crippen molar-refractivity contribution in [3.05, 3.63) is 42.5 Å². The van der Waals surface area contributed by atoms with Crippen molar-refractivity contribution < 1.29 is 0 Å². The van der Waals surface area contributed by atoms with Crippen LogP contribution in [0.25, 0.3) is 0 Å². The Labute approximate surface area is 93.6 Å². The van der Waals surface area contributed by atoms with Crippen molar-refractivity contribution in [1.29, 1.82) is 0 Å². The van der Waals surface area contributed by atoms with Gasteiger partial charge in [0.2, 0.25) is 0 Å². The second-order valence-electron chi connectivity index (χ2n) is 2.87. The van der Waals surface area contributed by atoms with E-state index in [4.69, 9.17) is 22.8 Å². The third kappa shape index (κ3) is 4.40. The van der Waals surface area contributed by atoms with Gasteiger partial charge in [0.25, 0.3) is 0 Å². The molecular formula is C9H13N2PS2. The number of allylic oxidation sites excluding steroid dienone is 1. The summed E-state index contributed by atoms with van der Waals surface area (Å²) >= 11 is 6.35. The Hall–Kier alpha value is -0.120. The molecule has 0 radical (unpaired) electrons. The van der Waals surface area contributed by atoms with E-state index in [1.165, 1.54) is 16.9 Å². The zero-order valence-corrected chi connectivity index (χ0v) is 10.2. The molecule has 0 saturated carbocycles. The van der Waals surface area contributed by atoms with Gasteiger partial charge in [0.05, 0.1) is 0 Å². The number of nitrogens with two attached hydrogens (primary N) is 2. The lowest BCUT2D eigenvalue weighted by Crippen LogP contribution is -1.99. The summed E-state index contributed by atoms with van der Waals surface area (Å²) in [4.78, 5) is 1.03. The Morgan fingerprint density at radius 3 is 2.36 bits per heavy atom. The van der Waals surface area contributed by atoms with Crippen molar-refractivity contribution in [3.63, 3.8) is 0 Å². The molecule has 76 valence electrons. The van der Waals surface area contributed by atoms with E-state index < -0.39 is 5.54 Å². The van der Waals surface area contributed by atoms with E-state index in [0.29, 0.717) is 0 Å². The van der Waals surface area contributed by atoms with Crippen LogP contribution < -0.4 is 11.0 Å². The van der Waals surface area contributed by atoms with Crippen LogP contribution in [0, 0.1) is 0 Å². The minimum Gasteiger partial charge on any atom is -0.283 e. The van der Waals surface area contributed by atoms with E-state index in [1.54, 1.807) is 0 Å². The van der Waals surface area contributed by atoms with Gasteiger partial charge in [-0.25, -0.2) is 0 Å². The minimum absolute atomic E-state index is 0.879. The maximum atomic E-state index is 5.61. The van der Waals surface area contributed by atoms with Gasteiger partial charge in [0.1, 0.15) is 5.54 Å². The summed E-state index contributed by atoms with van der Waals surface area (Å²) in [5, 5.41) is 0. The molecule has 14 heavy (non-hydrogen) atoms. The molecule has 0 atom stereocenters. The number of hydrogen-bond donors (Lipinski definition) is 2. The van der Waals surface area contributed by atoms with Gasteiger partial charge in [0, 0.05) is 4.90 Å². The van der Waals surface area contributed by atoms with E-state index in [2.05, 4.69) is 6.58 Å². The molecule has 0 fully saturated rings. The highest BCUT2D eigenvalue weighted by Gasteiger charge is 2.05. The van der Waals surface area contributed by atoms with Crippen molar-refractivity contribution in [2.24, 2.45) is 11.0 Å². The van der Waals surface area contributed by atoms with Gasteiger partial charge in [-0.1, -0.05) is 41.4 Å². The van der Waals surface area contributed by atoms with E-state index >= 15 is 0 Å². The molecule has 1 aromatic rings. The summed E-state index contributed by atoms with van der Waals surface area (Å²) in [5.74, 6) is 0. The molecule has 0 aromatic heterocycles. The van der Waals surface area contributed by atoms with Crippen LogP contribution in [-0.4, -0.2) is 0 Å². The van der Waals surface area contributed by atoms with Gasteiger partial charge >= 0.3 is 0 Å². The predicted octanol–water partition coefficient (Wildman–Crippen LogP) is 2.65. The van der Waals surface area contributed by atoms with Crippen LogP contribution in [0.15, 0.2) is 41.8 Å². The van der Waals surface area contributed by atoms with Crippen LogP contribution in [0.3, 0.4) is 0 Å². The van der Waals surface area contributed by atoms with Gasteiger partial charge in [-0.15, -0.1) is 6.58 Å². The highest BCUT2D eigenvalue weighted by molar-refractivity contribution is 8.69. The molecule has 0 amide bonds. The quantitative estimate of drug-likeness (QED) is 0.631. The third-order valence-electron chi connectivity index (χ3n) is 1.55. The lowest BCUT2D eigenvalue weighted by atomic mass is 10.2. The molecule has 2 nitrogen and oxygen atoms in total. The molecule has 0 heterocycles. The summed E-state index contributed by atoms with van der Waals surface area (Å²) in [7, 11) is 0. The first-order valence-electron chi connectivity index (χ1n) is 4.08. The van der Waals surface area contributed by atoms with Gasteiger partial charge < -0.3 is 0 Å². The molecule has 1 rings (SSSR count). The molecule has 5 heteroatoms. The first-order chi connectivity index (χ1) is 6.51. The molecule has 0 saturated heterocycles. The maximum Gasteiger partial charge on any atom is 0.126 e. The van der Waals surface area contributed by atoms with Gasteiger partial charge in [-0.05, 0) is 24.1 Å². The lowest BCUT2D eigenvalue weighted by Gasteiger charge is -2.09. The summed E-state index contributed by atoms with van der Waals surface area (Å²) < 4.78 is 0. The Bertz CT molecular complexity index is 356. The van der Waals surface area contributed by atoms with Crippen molar-refractivity contribution in [1.82, 2.24) is 0 Å². The van der Waals surface area contributed by atoms with Gasteiger partial charge in [-0.3, -0.25) is 11.0 Å². The normalized spacial score (nSPS) is 11.3. The fourth-order valence-electron chi connectivity index (χ4n) is 1.02. The van der Waals surface area contributed by atoms with Gasteiger partial charge in [0.15, 0.2) is 0 Å². The average molecular weight is 244 g/mol. The second kappa shape index (κ2) is 5.10. The Morgan fingerprint density at radius 1 is 1.36 bits per heavy atom. The highest BCUT2D eigenvalue weighted by Crippen LogP contribution is 2.48. The standard InChI is InChI=1S/C9H13N2PS2/c1-2-3-8-4-6-9(7-5-8)14-12(10,11)13/h2,4-7H,1,3H2,(H4,10,11,13). The summed E-state index contributed by atoms with van der Waals surface area (Å²) in [6.07, 6.45) is 2.75. The van der Waals surface area contributed by atoms with Crippen LogP contribution in [-0.2, 0) is 18.2 Å². The zero-order chi connectivity index (χ0) is 10.6. The molecule has 0 aliphatic rings. The summed E-state index contributed by atoms with van der Waals surface area (Å²) in [6, 6.07) is 8.05. The van der Waals surface area contributed by atoms with Crippen molar-refractivity contribution >= 4 is 28.7 Å². The Morgan fingerprint density at radius 2 is 1.93 bits per heavy atom. The maximum absolute atomic E-state index is 5.61. The van der Waals surface area contributed by atoms with E-state index in [1.807, 2.05) is 30.3 Å². The van der Waals surface area contributed by atoms with Crippen LogP contribution in [0.1, 0.15) is 5.56 Å². The lowest BCUT2D eigenvalue weighted by molar-refractivity contribution is 1.25. The van der Waals surface area contributed by atoms with Crippen molar-refractivity contribution in [2.75, 3.05) is 0 Å². The first kappa shape index (κ1) is 12.0. The van der Waals surface area contributed by atoms with Crippen LogP contribution in [0.2, 0.25) is 0 Å². The second-order valence-corrected chi connectivity index (χ2v) is 9.68. The fraction of sp³-hybridized carbons (Fsp3) is 0.111. The smallest absolute Gasteiger partial charge is 0.126 e. The van der Waals surface area contributed by atoms with Crippen molar-refractivity contribution in [3.8, 4) is 0 Å². The number of hydrogen-bond acceptors (Lipinski definition) is 2. The highest BCUT2D eigenvalue weighted by atomic mass is 32.9. The minimum atomic E-state index is -2.19. The predicted molar refractivity (Wildman–Crippen MR) is 68.9 cm³/mol. The molecule has 0 unspecified atom stereocenters. The van der Waals surface area contributed by atoms with Crippen molar-refractivity contribution in [2.45, 2.75) is 11.3 Å². The molecule has 4 N–H and O–H groups in total. The number of benzene rings is 1. The largest absolute Gasteiger partial charge is 0.283 e. The third-order valence-corrected chi connectivity index (χ3v) is 4.48. The van der Waals surface area contributed by atoms with Crippen LogP contribution in [0.5, 0.6) is 0 Å². The fourth-order valence-corrected chi connectivity index (χ4v) is 3.73. The number of rotatable bonds is 4. The molecule has 0 aliphatic carbocycles. The van der Waals surface area contributed by atoms with E-state index in [9.17, 15) is 0 Å². The van der Waals surface area contributed by atoms with E-state index in [-0.39, 0.29) is 0 Å². The molecule has 0 spiro atoms. The Kier molecular flexibility index (Phi) is 4.35. The molecular weight excluding hydrogens is 231 g/mol. The molecule has 0 bridgehead atoms. The van der Waals surface area contributed by atoms with Crippen LogP contribution in [0.4, 0.5) is 0 Å². The topological polar surface area (TPSA) is 52.0 Å². The van der Waals surface area contributed by atoms with E-state index in [0.717, 1.165) is 11.3 Å². The monoisotopic (exact) mass is 244 g/mol. The first-order valence-corrected chi connectivity index (χ1v) is 8.44. The molecule has 0 aliphatic heterocycles. The SMILES string of the molecule is C=CCc1ccc(SP(N)(N)=S)cc1. The summed E-state index contributed by atoms with van der Waals surface area (Å²) in [6.45, 7) is 3.68. The van der Waals surface area contributed by atoms with Crippen LogP contribution >= 0.6 is 16.9 Å². The zero-order valence-electron chi connectivity index (χ0n) is 7.72. The van der Waals surface area contributed by atoms with Gasteiger partial charge in [-0.2, -0.15) is 0 Å².